The molecule has 0 radical (unpaired) electrons. The highest BCUT2D eigenvalue weighted by Gasteiger charge is 2.24. The van der Waals surface area contributed by atoms with Gasteiger partial charge in [-0.15, -0.1) is 0 Å². The maximum atomic E-state index is 6.77. The molecule has 0 amide bonds. The molecule has 0 spiro atoms. The normalized spacial score (nSPS) is 11.0. The molecule has 0 unspecified atom stereocenters. The van der Waals surface area contributed by atoms with Crippen molar-refractivity contribution in [1.82, 2.24) is 14.6 Å². The number of hydrogen-bond donors (Lipinski definition) is 0. The van der Waals surface area contributed by atoms with Crippen LogP contribution in [0.25, 0.3) is 39.2 Å². The molecule has 33 heavy (non-hydrogen) atoms. The van der Waals surface area contributed by atoms with E-state index in [2.05, 4.69) is 31.2 Å². The predicted octanol–water partition coefficient (Wildman–Crippen LogP) is 6.71. The van der Waals surface area contributed by atoms with Crippen LogP contribution in [0.3, 0.4) is 0 Å². The smallest absolute Gasteiger partial charge is 0.227 e. The fourth-order valence-corrected chi connectivity index (χ4v) is 4.24. The number of rotatable bonds is 5. The van der Waals surface area contributed by atoms with E-state index in [-0.39, 0.29) is 0 Å². The van der Waals surface area contributed by atoms with Crippen molar-refractivity contribution in [1.29, 1.82) is 0 Å². The molecule has 0 saturated carbocycles. The van der Waals surface area contributed by atoms with E-state index in [0.717, 1.165) is 33.7 Å². The van der Waals surface area contributed by atoms with E-state index in [4.69, 9.17) is 31.2 Å². The van der Waals surface area contributed by atoms with Gasteiger partial charge in [-0.25, -0.2) is 4.98 Å². The Morgan fingerprint density at radius 3 is 2.00 bits per heavy atom. The molecule has 0 atom stereocenters. The Balaban J connectivity index is 1.83. The average Bonchev–Trinajstić information content (AvgIpc) is 3.23. The van der Waals surface area contributed by atoms with Gasteiger partial charge in [-0.1, -0.05) is 83.9 Å². The molecule has 0 fully saturated rings. The van der Waals surface area contributed by atoms with Crippen molar-refractivity contribution in [2.75, 3.05) is 14.2 Å². The fourth-order valence-electron chi connectivity index (χ4n) is 3.97. The van der Waals surface area contributed by atoms with Gasteiger partial charge in [0.05, 0.1) is 25.3 Å². The van der Waals surface area contributed by atoms with Crippen LogP contribution in [0, 0.1) is 6.92 Å². The van der Waals surface area contributed by atoms with Crippen LogP contribution < -0.4 is 9.47 Å². The summed E-state index contributed by atoms with van der Waals surface area (Å²) in [5.41, 5.74) is 7.07. The maximum absolute atomic E-state index is 6.77. The van der Waals surface area contributed by atoms with E-state index in [1.54, 1.807) is 18.7 Å². The van der Waals surface area contributed by atoms with E-state index in [0.29, 0.717) is 22.2 Å². The van der Waals surface area contributed by atoms with Crippen molar-refractivity contribution in [2.45, 2.75) is 6.92 Å². The number of aryl methyl sites for hydroxylation is 1. The summed E-state index contributed by atoms with van der Waals surface area (Å²) < 4.78 is 12.9. The fraction of sp³-hybridized carbons (Fsp3) is 0.111. The number of aromatic nitrogens is 3. The van der Waals surface area contributed by atoms with Crippen molar-refractivity contribution < 1.29 is 9.47 Å². The second kappa shape index (κ2) is 8.60. The molecule has 0 N–H and O–H groups in total. The van der Waals surface area contributed by atoms with Crippen molar-refractivity contribution >= 4 is 17.2 Å². The molecule has 0 aliphatic heterocycles. The lowest BCUT2D eigenvalue weighted by molar-refractivity contribution is 0.387. The minimum absolute atomic E-state index is 0.344. The van der Waals surface area contributed by atoms with Crippen LogP contribution in [0.5, 0.6) is 11.6 Å². The third-order valence-corrected chi connectivity index (χ3v) is 5.91. The van der Waals surface area contributed by atoms with Gasteiger partial charge in [0.1, 0.15) is 16.6 Å². The molecule has 5 aromatic rings. The monoisotopic (exact) mass is 455 g/mol. The minimum Gasteiger partial charge on any atom is -0.497 e. The number of ether oxygens (including phenoxy) is 2. The highest BCUT2D eigenvalue weighted by Crippen LogP contribution is 2.41. The van der Waals surface area contributed by atoms with E-state index in [9.17, 15) is 0 Å². The first-order valence-corrected chi connectivity index (χ1v) is 10.9. The highest BCUT2D eigenvalue weighted by molar-refractivity contribution is 6.32. The zero-order valence-corrected chi connectivity index (χ0v) is 19.3. The summed E-state index contributed by atoms with van der Waals surface area (Å²) >= 11 is 6.77. The molecule has 5 nitrogen and oxygen atoms in total. The maximum Gasteiger partial charge on any atom is 0.227 e. The van der Waals surface area contributed by atoms with E-state index >= 15 is 0 Å². The summed E-state index contributed by atoms with van der Waals surface area (Å²) in [5, 5.41) is 5.31. The number of hydrogen-bond acceptors (Lipinski definition) is 4. The largest absolute Gasteiger partial charge is 0.497 e. The molecule has 2 aromatic heterocycles. The quantitative estimate of drug-likeness (QED) is 0.276. The van der Waals surface area contributed by atoms with Gasteiger partial charge in [-0.2, -0.15) is 9.61 Å². The molecular formula is C27H22ClN3O2. The van der Waals surface area contributed by atoms with E-state index in [1.807, 2.05) is 54.6 Å². The van der Waals surface area contributed by atoms with Crippen LogP contribution in [0.2, 0.25) is 5.15 Å². The molecule has 0 bridgehead atoms. The lowest BCUT2D eigenvalue weighted by Gasteiger charge is -2.12. The summed E-state index contributed by atoms with van der Waals surface area (Å²) in [4.78, 5) is 4.80. The Bertz CT molecular complexity index is 1430. The number of benzene rings is 3. The zero-order valence-electron chi connectivity index (χ0n) is 18.5. The Labute approximate surface area is 197 Å². The molecule has 0 aliphatic carbocycles. The summed E-state index contributed by atoms with van der Waals surface area (Å²) in [6.45, 7) is 2.07. The van der Waals surface area contributed by atoms with Crippen molar-refractivity contribution in [3.63, 3.8) is 0 Å². The Kier molecular flexibility index (Phi) is 5.48. The van der Waals surface area contributed by atoms with Crippen LogP contribution >= 0.6 is 11.6 Å². The Morgan fingerprint density at radius 1 is 0.727 bits per heavy atom. The average molecular weight is 456 g/mol. The molecule has 164 valence electrons. The number of nitrogens with zero attached hydrogens (tertiary/aromatic N) is 3. The number of fused-ring (bicyclic) bond motifs is 1. The lowest BCUT2D eigenvalue weighted by Crippen LogP contribution is -2.02. The SMILES string of the molecule is COc1ccc(-c2c(Cl)nc3c(-c4ccccc4)c(-c4ccc(C)cc4)nn3c2OC)cc1. The van der Waals surface area contributed by atoms with Gasteiger partial charge < -0.3 is 9.47 Å². The third-order valence-electron chi connectivity index (χ3n) is 5.64. The van der Waals surface area contributed by atoms with Gasteiger partial charge >= 0.3 is 0 Å². The number of halogens is 1. The second-order valence-corrected chi connectivity index (χ2v) is 8.06. The molecule has 0 aliphatic rings. The van der Waals surface area contributed by atoms with Crippen LogP contribution in [-0.2, 0) is 0 Å². The second-order valence-electron chi connectivity index (χ2n) is 7.71. The van der Waals surface area contributed by atoms with Crippen LogP contribution in [0.4, 0.5) is 0 Å². The first kappa shape index (κ1) is 21.0. The summed E-state index contributed by atoms with van der Waals surface area (Å²) in [7, 11) is 3.26. The summed E-state index contributed by atoms with van der Waals surface area (Å²) in [6.07, 6.45) is 0. The van der Waals surface area contributed by atoms with Crippen molar-refractivity contribution in [3.8, 4) is 45.1 Å². The van der Waals surface area contributed by atoms with Gasteiger partial charge in [-0.3, -0.25) is 0 Å². The van der Waals surface area contributed by atoms with Gasteiger partial charge in [0.25, 0.3) is 0 Å². The van der Waals surface area contributed by atoms with Gasteiger partial charge in [-0.05, 0) is 30.2 Å². The van der Waals surface area contributed by atoms with Crippen LogP contribution in [-0.4, -0.2) is 28.8 Å². The third kappa shape index (κ3) is 3.70. The standard InChI is InChI=1S/C27H22ClN3O2/c1-17-9-11-20(12-10-17)24-22(18-7-5-4-6-8-18)26-29-25(28)23(27(33-3)31(26)30-24)19-13-15-21(32-2)16-14-19/h4-16H,1-3H3. The van der Waals surface area contributed by atoms with Gasteiger partial charge in [0.2, 0.25) is 5.88 Å². The minimum atomic E-state index is 0.344. The first-order chi connectivity index (χ1) is 16.1. The summed E-state index contributed by atoms with van der Waals surface area (Å²) in [6, 6.07) is 26.0. The molecule has 6 heteroatoms. The lowest BCUT2D eigenvalue weighted by atomic mass is 10.0. The molecular weight excluding hydrogens is 434 g/mol. The highest BCUT2D eigenvalue weighted by atomic mass is 35.5. The molecule has 3 aromatic carbocycles. The van der Waals surface area contributed by atoms with Crippen molar-refractivity contribution in [2.24, 2.45) is 0 Å². The van der Waals surface area contributed by atoms with Crippen LogP contribution in [0.15, 0.2) is 78.9 Å². The molecule has 0 saturated heterocycles. The molecule has 2 heterocycles. The Hall–Kier alpha value is -3.83. The Morgan fingerprint density at radius 2 is 1.36 bits per heavy atom. The topological polar surface area (TPSA) is 48.7 Å². The predicted molar refractivity (Wildman–Crippen MR) is 132 cm³/mol. The van der Waals surface area contributed by atoms with Crippen molar-refractivity contribution in [3.05, 3.63) is 89.6 Å². The van der Waals surface area contributed by atoms with Crippen LogP contribution in [0.1, 0.15) is 5.56 Å². The molecule has 5 rings (SSSR count). The van der Waals surface area contributed by atoms with E-state index in [1.165, 1.54) is 5.56 Å². The number of methoxy groups -OCH3 is 2. The first-order valence-electron chi connectivity index (χ1n) is 10.5. The van der Waals surface area contributed by atoms with Gasteiger partial charge in [0.15, 0.2) is 5.65 Å². The zero-order chi connectivity index (χ0) is 22.9. The van der Waals surface area contributed by atoms with E-state index < -0.39 is 0 Å². The summed E-state index contributed by atoms with van der Waals surface area (Å²) in [5.74, 6) is 1.28. The van der Waals surface area contributed by atoms with Gasteiger partial charge in [0, 0.05) is 5.56 Å².